The number of hydrogen-bond donors (Lipinski definition) is 1. The molecule has 2 aromatic heterocycles. The lowest BCUT2D eigenvalue weighted by Gasteiger charge is -2.22. The third-order valence-corrected chi connectivity index (χ3v) is 8.09. The number of likely N-dealkylation sites (tertiary alicyclic amines) is 1. The first-order chi connectivity index (χ1) is 16.4. The van der Waals surface area contributed by atoms with Crippen LogP contribution in [-0.4, -0.2) is 32.3 Å². The molecule has 0 spiro atoms. The van der Waals surface area contributed by atoms with Crippen LogP contribution in [0.2, 0.25) is 0 Å². The summed E-state index contributed by atoms with van der Waals surface area (Å²) in [6.07, 6.45) is 3.04. The molecule has 1 saturated carbocycles. The number of rotatable bonds is 4. The van der Waals surface area contributed by atoms with Crippen molar-refractivity contribution in [1.29, 1.82) is 0 Å². The molecule has 6 rings (SSSR count). The number of nitrogens with one attached hydrogen (secondary N) is 1. The zero-order chi connectivity index (χ0) is 23.6. The lowest BCUT2D eigenvalue weighted by Crippen LogP contribution is -2.31. The van der Waals surface area contributed by atoms with Crippen molar-refractivity contribution in [2.45, 2.75) is 52.0 Å². The van der Waals surface area contributed by atoms with Crippen LogP contribution in [0.1, 0.15) is 69.2 Å². The predicted octanol–water partition coefficient (Wildman–Crippen LogP) is 6.63. The maximum Gasteiger partial charge on any atom is 0.274 e. The van der Waals surface area contributed by atoms with Gasteiger partial charge in [-0.2, -0.15) is 0 Å². The Bertz CT molecular complexity index is 1460. The fourth-order valence-electron chi connectivity index (χ4n) is 5.01. The first-order valence-corrected chi connectivity index (χ1v) is 12.7. The Labute approximate surface area is 203 Å². The molecule has 2 fully saturated rings. The normalized spacial score (nSPS) is 18.3. The summed E-state index contributed by atoms with van der Waals surface area (Å²) in [7, 11) is 0. The molecule has 2 aliphatic rings. The average Bonchev–Trinajstić information content (AvgIpc) is 3.23. The van der Waals surface area contributed by atoms with Crippen LogP contribution in [-0.2, 0) is 0 Å². The molecular weight excluding hydrogens is 440 g/mol. The van der Waals surface area contributed by atoms with Crippen molar-refractivity contribution in [3.05, 3.63) is 81.8 Å². The van der Waals surface area contributed by atoms with Gasteiger partial charge in [-0.15, -0.1) is 11.3 Å². The van der Waals surface area contributed by atoms with Gasteiger partial charge in [0.15, 0.2) is 0 Å². The standard InChI is InChI=1S/C28H28N4OS/c1-15-6-5-7-20(11-15)25-24(31-27(34-25)19-8-9-19)28(33)32-14-17(3)13-22(32)26-29-21-12-16(2)10-18(4)23(21)30-26/h5-7,10-12,19,22H,3,8-9,13-14H2,1-2,4H3,(H,29,30). The molecule has 1 amide bonds. The zero-order valence-corrected chi connectivity index (χ0v) is 20.6. The second-order valence-electron chi connectivity index (χ2n) is 9.88. The molecule has 1 N–H and O–H groups in total. The van der Waals surface area contributed by atoms with E-state index >= 15 is 0 Å². The number of aromatic nitrogens is 3. The lowest BCUT2D eigenvalue weighted by atomic mass is 10.1. The van der Waals surface area contributed by atoms with Crippen LogP contribution >= 0.6 is 11.3 Å². The van der Waals surface area contributed by atoms with Crippen LogP contribution in [0.4, 0.5) is 0 Å². The van der Waals surface area contributed by atoms with Crippen LogP contribution in [0, 0.1) is 20.8 Å². The quantitative estimate of drug-likeness (QED) is 0.342. The minimum Gasteiger partial charge on any atom is -0.340 e. The molecule has 3 heterocycles. The monoisotopic (exact) mass is 468 g/mol. The van der Waals surface area contributed by atoms with Gasteiger partial charge in [0.25, 0.3) is 5.91 Å². The third-order valence-electron chi connectivity index (χ3n) is 6.82. The van der Waals surface area contributed by atoms with Crippen LogP contribution in [0.25, 0.3) is 21.5 Å². The van der Waals surface area contributed by atoms with Gasteiger partial charge >= 0.3 is 0 Å². The second-order valence-corrected chi connectivity index (χ2v) is 10.9. The largest absolute Gasteiger partial charge is 0.340 e. The summed E-state index contributed by atoms with van der Waals surface area (Å²) in [6.45, 7) is 11.0. The van der Waals surface area contributed by atoms with Crippen molar-refractivity contribution in [1.82, 2.24) is 19.9 Å². The molecule has 172 valence electrons. The van der Waals surface area contributed by atoms with E-state index in [1.807, 2.05) is 4.90 Å². The van der Waals surface area contributed by atoms with E-state index in [1.54, 1.807) is 11.3 Å². The molecule has 1 aliphatic heterocycles. The molecule has 4 aromatic rings. The Balaban J connectivity index is 1.41. The van der Waals surface area contributed by atoms with Crippen LogP contribution in [0.5, 0.6) is 0 Å². The summed E-state index contributed by atoms with van der Waals surface area (Å²) in [5, 5.41) is 1.09. The highest BCUT2D eigenvalue weighted by Crippen LogP contribution is 2.46. The molecule has 6 heteroatoms. The maximum atomic E-state index is 14.0. The number of imidazole rings is 1. The third kappa shape index (κ3) is 3.66. The highest BCUT2D eigenvalue weighted by Gasteiger charge is 2.38. The zero-order valence-electron chi connectivity index (χ0n) is 19.8. The molecule has 1 aliphatic carbocycles. The van der Waals surface area contributed by atoms with Crippen molar-refractivity contribution in [3.63, 3.8) is 0 Å². The van der Waals surface area contributed by atoms with E-state index in [9.17, 15) is 4.79 Å². The lowest BCUT2D eigenvalue weighted by molar-refractivity contribution is 0.0728. The van der Waals surface area contributed by atoms with Gasteiger partial charge in [0.1, 0.15) is 11.5 Å². The maximum absolute atomic E-state index is 14.0. The van der Waals surface area contributed by atoms with Crippen molar-refractivity contribution in [2.75, 3.05) is 6.54 Å². The Hall–Kier alpha value is -3.25. The number of fused-ring (bicyclic) bond motifs is 1. The van der Waals surface area contributed by atoms with Gasteiger partial charge in [-0.05, 0) is 62.8 Å². The summed E-state index contributed by atoms with van der Waals surface area (Å²) >= 11 is 1.68. The van der Waals surface area contributed by atoms with E-state index in [2.05, 4.69) is 68.7 Å². The van der Waals surface area contributed by atoms with E-state index < -0.39 is 0 Å². The first kappa shape index (κ1) is 21.3. The number of amides is 1. The number of carbonyl (C=O) groups excluding carboxylic acids is 1. The predicted molar refractivity (Wildman–Crippen MR) is 137 cm³/mol. The van der Waals surface area contributed by atoms with Gasteiger partial charge in [-0.3, -0.25) is 4.79 Å². The number of thiazole rings is 1. The average molecular weight is 469 g/mol. The summed E-state index contributed by atoms with van der Waals surface area (Å²) in [6, 6.07) is 12.5. The Morgan fingerprint density at radius 2 is 1.94 bits per heavy atom. The van der Waals surface area contributed by atoms with E-state index in [1.165, 1.54) is 11.1 Å². The summed E-state index contributed by atoms with van der Waals surface area (Å²) in [5.74, 6) is 1.29. The SMILES string of the molecule is C=C1CC(c2nc3c(C)cc(C)cc3[nH]2)N(C(=O)c2nc(C3CC3)sc2-c2cccc(C)c2)C1. The van der Waals surface area contributed by atoms with Crippen molar-refractivity contribution >= 4 is 28.3 Å². The molecule has 0 radical (unpaired) electrons. The number of nitrogens with zero attached hydrogens (tertiary/aromatic N) is 3. The van der Waals surface area contributed by atoms with Gasteiger partial charge in [-0.25, -0.2) is 9.97 Å². The second kappa shape index (κ2) is 7.91. The number of hydrogen-bond acceptors (Lipinski definition) is 4. The minimum atomic E-state index is -0.163. The van der Waals surface area contributed by atoms with Gasteiger partial charge in [0, 0.05) is 12.5 Å². The van der Waals surface area contributed by atoms with Crippen molar-refractivity contribution < 1.29 is 4.79 Å². The molecule has 0 bridgehead atoms. The highest BCUT2D eigenvalue weighted by molar-refractivity contribution is 7.15. The van der Waals surface area contributed by atoms with Gasteiger partial charge in [0.05, 0.1) is 27.0 Å². The molecular formula is C28H28N4OS. The van der Waals surface area contributed by atoms with E-state index in [-0.39, 0.29) is 11.9 Å². The summed E-state index contributed by atoms with van der Waals surface area (Å²) < 4.78 is 0. The molecule has 1 unspecified atom stereocenters. The van der Waals surface area contributed by atoms with Crippen LogP contribution in [0.3, 0.4) is 0 Å². The minimum absolute atomic E-state index is 0.0309. The molecule has 34 heavy (non-hydrogen) atoms. The van der Waals surface area contributed by atoms with Gasteiger partial charge < -0.3 is 9.88 Å². The Kier molecular flexibility index (Phi) is 4.96. The summed E-state index contributed by atoms with van der Waals surface area (Å²) in [4.78, 5) is 30.3. The number of aryl methyl sites for hydroxylation is 3. The first-order valence-electron chi connectivity index (χ1n) is 11.9. The fraction of sp³-hybridized carbons (Fsp3) is 0.321. The van der Waals surface area contributed by atoms with Crippen LogP contribution in [0.15, 0.2) is 48.6 Å². The molecule has 2 aromatic carbocycles. The highest BCUT2D eigenvalue weighted by atomic mass is 32.1. The molecule has 5 nitrogen and oxygen atoms in total. The number of benzene rings is 2. The summed E-state index contributed by atoms with van der Waals surface area (Å²) in [5.41, 5.74) is 8.18. The Morgan fingerprint density at radius 1 is 1.12 bits per heavy atom. The van der Waals surface area contributed by atoms with E-state index in [4.69, 9.17) is 9.97 Å². The van der Waals surface area contributed by atoms with E-state index in [0.29, 0.717) is 24.6 Å². The smallest absolute Gasteiger partial charge is 0.274 e. The topological polar surface area (TPSA) is 61.9 Å². The van der Waals surface area contributed by atoms with Crippen molar-refractivity contribution in [3.8, 4) is 10.4 Å². The Morgan fingerprint density at radius 3 is 2.71 bits per heavy atom. The number of aromatic amines is 1. The van der Waals surface area contributed by atoms with E-state index in [0.717, 1.165) is 56.3 Å². The fourth-order valence-corrected chi connectivity index (χ4v) is 6.23. The van der Waals surface area contributed by atoms with Gasteiger partial charge in [-0.1, -0.05) is 48.0 Å². The molecule has 1 saturated heterocycles. The number of H-pyrrole nitrogens is 1. The number of carbonyl (C=O) groups is 1. The van der Waals surface area contributed by atoms with Crippen molar-refractivity contribution in [2.24, 2.45) is 0 Å². The van der Waals surface area contributed by atoms with Gasteiger partial charge in [0.2, 0.25) is 0 Å². The molecule has 1 atom stereocenters. The van der Waals surface area contributed by atoms with Crippen LogP contribution < -0.4 is 0 Å².